The second-order valence-electron chi connectivity index (χ2n) is 5.75. The van der Waals surface area contributed by atoms with Gasteiger partial charge in [0, 0.05) is 31.4 Å². The molecule has 0 spiro atoms. The monoisotopic (exact) mass is 330 g/mol. The van der Waals surface area contributed by atoms with Gasteiger partial charge in [0.25, 0.3) is 0 Å². The molecule has 0 atom stereocenters. The van der Waals surface area contributed by atoms with Crippen LogP contribution in [0.15, 0.2) is 18.3 Å². The highest BCUT2D eigenvalue weighted by molar-refractivity contribution is 5.79. The molecule has 23 heavy (non-hydrogen) atoms. The number of carbonyl (C=O) groups excluding carboxylic acids is 1. The van der Waals surface area contributed by atoms with E-state index >= 15 is 0 Å². The minimum absolute atomic E-state index is 0.0172. The molecule has 2 aliphatic rings. The maximum absolute atomic E-state index is 12.6. The average Bonchev–Trinajstić information content (AvgIpc) is 2.50. The highest BCUT2D eigenvalue weighted by Gasteiger charge is 2.37. The number of amides is 1. The lowest BCUT2D eigenvalue weighted by molar-refractivity contribution is -0.147. The summed E-state index contributed by atoms with van der Waals surface area (Å²) in [6.45, 7) is 1.96. The number of halogens is 3. The summed E-state index contributed by atoms with van der Waals surface area (Å²) in [6.07, 6.45) is -2.23. The summed E-state index contributed by atoms with van der Waals surface area (Å²) >= 11 is 0. The van der Waals surface area contributed by atoms with Crippen LogP contribution in [-0.2, 0) is 15.7 Å². The SMILES string of the molecule is O=C(C1CCOCC1)N1CC(Oc2cc(C(F)(F)F)ccn2)C1. The number of rotatable bonds is 3. The van der Waals surface area contributed by atoms with Gasteiger partial charge in [-0.2, -0.15) is 13.2 Å². The molecule has 0 bridgehead atoms. The number of pyridine rings is 1. The van der Waals surface area contributed by atoms with E-state index in [4.69, 9.17) is 9.47 Å². The topological polar surface area (TPSA) is 51.7 Å². The lowest BCUT2D eigenvalue weighted by Crippen LogP contribution is -2.58. The first kappa shape index (κ1) is 16.0. The summed E-state index contributed by atoms with van der Waals surface area (Å²) < 4.78 is 48.5. The van der Waals surface area contributed by atoms with Crippen molar-refractivity contribution in [3.8, 4) is 5.88 Å². The number of ether oxygens (including phenoxy) is 2. The number of hydrogen-bond donors (Lipinski definition) is 0. The van der Waals surface area contributed by atoms with Gasteiger partial charge in [0.05, 0.1) is 18.7 Å². The molecule has 8 heteroatoms. The lowest BCUT2D eigenvalue weighted by atomic mass is 9.96. The van der Waals surface area contributed by atoms with Crippen molar-refractivity contribution in [1.82, 2.24) is 9.88 Å². The van der Waals surface area contributed by atoms with Crippen molar-refractivity contribution >= 4 is 5.91 Å². The number of nitrogens with zero attached hydrogens (tertiary/aromatic N) is 2. The van der Waals surface area contributed by atoms with Crippen LogP contribution in [0.25, 0.3) is 0 Å². The van der Waals surface area contributed by atoms with Gasteiger partial charge in [-0.3, -0.25) is 4.79 Å². The van der Waals surface area contributed by atoms with E-state index in [1.807, 2.05) is 0 Å². The van der Waals surface area contributed by atoms with Gasteiger partial charge < -0.3 is 14.4 Å². The smallest absolute Gasteiger partial charge is 0.416 e. The molecular formula is C15H17F3N2O3. The van der Waals surface area contributed by atoms with Gasteiger partial charge in [-0.15, -0.1) is 0 Å². The molecule has 1 aromatic heterocycles. The first-order valence-electron chi connectivity index (χ1n) is 7.50. The van der Waals surface area contributed by atoms with Crippen molar-refractivity contribution in [1.29, 1.82) is 0 Å². The first-order chi connectivity index (χ1) is 10.9. The number of hydrogen-bond acceptors (Lipinski definition) is 4. The summed E-state index contributed by atoms with van der Waals surface area (Å²) in [5, 5.41) is 0. The average molecular weight is 330 g/mol. The minimum atomic E-state index is -4.42. The quantitative estimate of drug-likeness (QED) is 0.852. The molecule has 5 nitrogen and oxygen atoms in total. The summed E-state index contributed by atoms with van der Waals surface area (Å²) in [7, 11) is 0. The third kappa shape index (κ3) is 3.74. The molecule has 126 valence electrons. The van der Waals surface area contributed by atoms with E-state index in [-0.39, 0.29) is 23.8 Å². The minimum Gasteiger partial charge on any atom is -0.471 e. The Kier molecular flexibility index (Phi) is 4.43. The maximum Gasteiger partial charge on any atom is 0.416 e. The van der Waals surface area contributed by atoms with E-state index in [1.165, 1.54) is 0 Å². The number of alkyl halides is 3. The van der Waals surface area contributed by atoms with Crippen LogP contribution >= 0.6 is 0 Å². The van der Waals surface area contributed by atoms with E-state index < -0.39 is 11.7 Å². The number of likely N-dealkylation sites (tertiary alicyclic amines) is 1. The number of aromatic nitrogens is 1. The van der Waals surface area contributed by atoms with Crippen LogP contribution < -0.4 is 4.74 Å². The van der Waals surface area contributed by atoms with Crippen molar-refractivity contribution in [2.45, 2.75) is 25.1 Å². The third-order valence-corrected chi connectivity index (χ3v) is 4.08. The molecule has 1 aromatic rings. The Labute approximate surface area is 131 Å². The van der Waals surface area contributed by atoms with Gasteiger partial charge in [-0.05, 0) is 18.9 Å². The summed E-state index contributed by atoms with van der Waals surface area (Å²) in [6, 6.07) is 1.78. The van der Waals surface area contributed by atoms with Gasteiger partial charge in [-0.25, -0.2) is 4.98 Å². The second-order valence-corrected chi connectivity index (χ2v) is 5.75. The van der Waals surface area contributed by atoms with Gasteiger partial charge >= 0.3 is 6.18 Å². The fraction of sp³-hybridized carbons (Fsp3) is 0.600. The second kappa shape index (κ2) is 6.35. The molecule has 0 aromatic carbocycles. The van der Waals surface area contributed by atoms with Crippen molar-refractivity contribution in [3.05, 3.63) is 23.9 Å². The Hall–Kier alpha value is -1.83. The molecule has 2 saturated heterocycles. The van der Waals surface area contributed by atoms with Crippen LogP contribution in [0.2, 0.25) is 0 Å². The summed E-state index contributed by atoms with van der Waals surface area (Å²) in [5.41, 5.74) is -0.794. The fourth-order valence-electron chi connectivity index (χ4n) is 2.72. The Morgan fingerprint density at radius 2 is 2.00 bits per heavy atom. The van der Waals surface area contributed by atoms with Crippen LogP contribution in [0.5, 0.6) is 5.88 Å². The van der Waals surface area contributed by atoms with Crippen molar-refractivity contribution in [2.75, 3.05) is 26.3 Å². The molecule has 2 aliphatic heterocycles. The molecule has 0 radical (unpaired) electrons. The van der Waals surface area contributed by atoms with E-state index in [2.05, 4.69) is 4.98 Å². The highest BCUT2D eigenvalue weighted by Crippen LogP contribution is 2.31. The zero-order chi connectivity index (χ0) is 16.4. The Morgan fingerprint density at radius 1 is 1.30 bits per heavy atom. The van der Waals surface area contributed by atoms with Crippen LogP contribution in [0.3, 0.4) is 0 Å². The van der Waals surface area contributed by atoms with Crippen LogP contribution in [0.1, 0.15) is 18.4 Å². The Balaban J connectivity index is 1.51. The highest BCUT2D eigenvalue weighted by atomic mass is 19.4. The van der Waals surface area contributed by atoms with Crippen LogP contribution in [0, 0.1) is 5.92 Å². The standard InChI is InChI=1S/C15H17F3N2O3/c16-15(17,18)11-1-4-19-13(7-11)23-12-8-20(9-12)14(21)10-2-5-22-6-3-10/h1,4,7,10,12H,2-3,5-6,8-9H2. The molecule has 3 rings (SSSR count). The largest absolute Gasteiger partial charge is 0.471 e. The maximum atomic E-state index is 12.6. The van der Waals surface area contributed by atoms with Crippen molar-refractivity contribution in [3.63, 3.8) is 0 Å². The Morgan fingerprint density at radius 3 is 2.65 bits per heavy atom. The third-order valence-electron chi connectivity index (χ3n) is 4.08. The van der Waals surface area contributed by atoms with Gasteiger partial charge in [0.15, 0.2) is 0 Å². The van der Waals surface area contributed by atoms with E-state index in [0.717, 1.165) is 31.2 Å². The summed E-state index contributed by atoms with van der Waals surface area (Å²) in [5.74, 6) is -0.00970. The predicted molar refractivity (Wildman–Crippen MR) is 73.8 cm³/mol. The Bertz CT molecular complexity index is 567. The molecule has 0 unspecified atom stereocenters. The van der Waals surface area contributed by atoms with E-state index in [0.29, 0.717) is 26.3 Å². The number of carbonyl (C=O) groups is 1. The van der Waals surface area contributed by atoms with E-state index in [1.54, 1.807) is 4.90 Å². The zero-order valence-corrected chi connectivity index (χ0v) is 12.4. The normalized spacial score (nSPS) is 20.2. The fourth-order valence-corrected chi connectivity index (χ4v) is 2.72. The van der Waals surface area contributed by atoms with Gasteiger partial charge in [0.2, 0.25) is 11.8 Å². The van der Waals surface area contributed by atoms with Crippen LogP contribution in [0.4, 0.5) is 13.2 Å². The molecule has 1 amide bonds. The molecular weight excluding hydrogens is 313 g/mol. The first-order valence-corrected chi connectivity index (χ1v) is 7.50. The molecule has 3 heterocycles. The van der Waals surface area contributed by atoms with E-state index in [9.17, 15) is 18.0 Å². The zero-order valence-electron chi connectivity index (χ0n) is 12.4. The van der Waals surface area contributed by atoms with Gasteiger partial charge in [-0.1, -0.05) is 0 Å². The van der Waals surface area contributed by atoms with Gasteiger partial charge in [0.1, 0.15) is 6.10 Å². The molecule has 0 N–H and O–H groups in total. The molecule has 0 saturated carbocycles. The molecule has 0 aliphatic carbocycles. The molecule has 2 fully saturated rings. The van der Waals surface area contributed by atoms with Crippen LogP contribution in [-0.4, -0.2) is 48.2 Å². The van der Waals surface area contributed by atoms with Crippen molar-refractivity contribution in [2.24, 2.45) is 5.92 Å². The predicted octanol–water partition coefficient (Wildman–Crippen LogP) is 2.12. The lowest BCUT2D eigenvalue weighted by Gasteiger charge is -2.41. The van der Waals surface area contributed by atoms with Crippen molar-refractivity contribution < 1.29 is 27.4 Å². The summed E-state index contributed by atoms with van der Waals surface area (Å²) in [4.78, 5) is 17.7.